The second-order valence-electron chi connectivity index (χ2n) is 4.29. The standard InChI is InChI=1S/C15H18N2O/c1-11-4-6-12(7-5-11)15(16-2)13-8-14(18-3)10-17-9-13/h4-10,15-16H,1-3H3. The summed E-state index contributed by atoms with van der Waals surface area (Å²) in [5, 5.41) is 3.31. The summed E-state index contributed by atoms with van der Waals surface area (Å²) in [5.74, 6) is 0.778. The van der Waals surface area contributed by atoms with Gasteiger partial charge in [0.05, 0.1) is 19.3 Å². The molecule has 2 aromatic rings. The van der Waals surface area contributed by atoms with Crippen molar-refractivity contribution in [2.45, 2.75) is 13.0 Å². The van der Waals surface area contributed by atoms with Crippen molar-refractivity contribution in [3.05, 3.63) is 59.4 Å². The fourth-order valence-corrected chi connectivity index (χ4v) is 1.99. The molecule has 3 heteroatoms. The summed E-state index contributed by atoms with van der Waals surface area (Å²) in [7, 11) is 3.60. The van der Waals surface area contributed by atoms with Gasteiger partial charge in [0, 0.05) is 6.20 Å². The largest absolute Gasteiger partial charge is 0.495 e. The number of nitrogens with one attached hydrogen (secondary N) is 1. The van der Waals surface area contributed by atoms with Crippen LogP contribution in [0.25, 0.3) is 0 Å². The Balaban J connectivity index is 2.35. The van der Waals surface area contributed by atoms with Crippen molar-refractivity contribution in [1.29, 1.82) is 0 Å². The van der Waals surface area contributed by atoms with Gasteiger partial charge in [0.25, 0.3) is 0 Å². The molecule has 1 atom stereocenters. The fourth-order valence-electron chi connectivity index (χ4n) is 1.99. The average molecular weight is 242 g/mol. The minimum atomic E-state index is 0.133. The van der Waals surface area contributed by atoms with Crippen LogP contribution in [0.3, 0.4) is 0 Å². The summed E-state index contributed by atoms with van der Waals surface area (Å²) in [6, 6.07) is 10.6. The molecule has 94 valence electrons. The molecule has 0 saturated carbocycles. The highest BCUT2D eigenvalue weighted by molar-refractivity contribution is 5.35. The van der Waals surface area contributed by atoms with Crippen molar-refractivity contribution in [3.8, 4) is 5.75 Å². The van der Waals surface area contributed by atoms with E-state index in [1.54, 1.807) is 13.3 Å². The molecule has 0 aliphatic carbocycles. The number of aromatic nitrogens is 1. The van der Waals surface area contributed by atoms with E-state index in [9.17, 15) is 0 Å². The lowest BCUT2D eigenvalue weighted by molar-refractivity contribution is 0.411. The number of ether oxygens (including phenoxy) is 1. The number of aryl methyl sites for hydroxylation is 1. The molecule has 0 amide bonds. The topological polar surface area (TPSA) is 34.2 Å². The first-order chi connectivity index (χ1) is 8.74. The molecule has 1 aromatic carbocycles. The van der Waals surface area contributed by atoms with E-state index in [0.717, 1.165) is 11.3 Å². The van der Waals surface area contributed by atoms with E-state index in [-0.39, 0.29) is 6.04 Å². The fraction of sp³-hybridized carbons (Fsp3) is 0.267. The van der Waals surface area contributed by atoms with Crippen molar-refractivity contribution in [2.24, 2.45) is 0 Å². The highest BCUT2D eigenvalue weighted by Gasteiger charge is 2.12. The molecular formula is C15H18N2O. The zero-order chi connectivity index (χ0) is 13.0. The van der Waals surface area contributed by atoms with Crippen LogP contribution in [-0.2, 0) is 0 Å². The van der Waals surface area contributed by atoms with Crippen LogP contribution in [0.1, 0.15) is 22.7 Å². The average Bonchev–Trinajstić information content (AvgIpc) is 2.42. The molecule has 3 nitrogen and oxygen atoms in total. The number of hydrogen-bond acceptors (Lipinski definition) is 3. The second kappa shape index (κ2) is 5.65. The smallest absolute Gasteiger partial charge is 0.137 e. The first-order valence-electron chi connectivity index (χ1n) is 5.97. The van der Waals surface area contributed by atoms with Gasteiger partial charge in [-0.05, 0) is 31.2 Å². The Bertz CT molecular complexity index is 508. The Morgan fingerprint density at radius 1 is 1.11 bits per heavy atom. The number of nitrogens with zero attached hydrogens (tertiary/aromatic N) is 1. The highest BCUT2D eigenvalue weighted by atomic mass is 16.5. The Morgan fingerprint density at radius 2 is 1.83 bits per heavy atom. The summed E-state index contributed by atoms with van der Waals surface area (Å²) in [5.41, 5.74) is 3.58. The SMILES string of the molecule is CNC(c1ccc(C)cc1)c1cncc(OC)c1. The van der Waals surface area contributed by atoms with Crippen molar-refractivity contribution < 1.29 is 4.74 Å². The molecule has 0 aliphatic heterocycles. The van der Waals surface area contributed by atoms with Crippen LogP contribution in [0, 0.1) is 6.92 Å². The van der Waals surface area contributed by atoms with E-state index in [0.29, 0.717) is 0 Å². The van der Waals surface area contributed by atoms with Gasteiger partial charge in [0.1, 0.15) is 5.75 Å². The van der Waals surface area contributed by atoms with E-state index in [2.05, 4.69) is 41.5 Å². The normalized spacial score (nSPS) is 12.2. The molecular weight excluding hydrogens is 224 g/mol. The molecule has 0 bridgehead atoms. The van der Waals surface area contributed by atoms with Gasteiger partial charge in [0.2, 0.25) is 0 Å². The summed E-state index contributed by atoms with van der Waals surface area (Å²) in [6.07, 6.45) is 3.58. The molecule has 0 aliphatic rings. The third-order valence-corrected chi connectivity index (χ3v) is 3.00. The van der Waals surface area contributed by atoms with E-state index in [1.165, 1.54) is 11.1 Å². The third kappa shape index (κ3) is 2.68. The van der Waals surface area contributed by atoms with Gasteiger partial charge in [0.15, 0.2) is 0 Å². The van der Waals surface area contributed by atoms with Crippen LogP contribution in [0.15, 0.2) is 42.7 Å². The van der Waals surface area contributed by atoms with Crippen LogP contribution >= 0.6 is 0 Å². The lowest BCUT2D eigenvalue weighted by atomic mass is 9.99. The van der Waals surface area contributed by atoms with Gasteiger partial charge in [-0.1, -0.05) is 29.8 Å². The van der Waals surface area contributed by atoms with E-state index < -0.39 is 0 Å². The van der Waals surface area contributed by atoms with Crippen LogP contribution in [0.5, 0.6) is 5.75 Å². The predicted octanol–water partition coefficient (Wildman–Crippen LogP) is 2.71. The molecule has 1 unspecified atom stereocenters. The Kier molecular flexibility index (Phi) is 3.95. The lowest BCUT2D eigenvalue weighted by Crippen LogP contribution is -2.17. The Morgan fingerprint density at radius 3 is 2.44 bits per heavy atom. The zero-order valence-electron chi connectivity index (χ0n) is 11.0. The van der Waals surface area contributed by atoms with Gasteiger partial charge in [-0.15, -0.1) is 0 Å². The van der Waals surface area contributed by atoms with Crippen LogP contribution in [0.4, 0.5) is 0 Å². The number of rotatable bonds is 4. The van der Waals surface area contributed by atoms with Crippen molar-refractivity contribution >= 4 is 0 Å². The maximum Gasteiger partial charge on any atom is 0.137 e. The molecule has 0 saturated heterocycles. The minimum Gasteiger partial charge on any atom is -0.495 e. The highest BCUT2D eigenvalue weighted by Crippen LogP contribution is 2.24. The predicted molar refractivity (Wildman–Crippen MR) is 72.9 cm³/mol. The Hall–Kier alpha value is -1.87. The molecule has 0 fully saturated rings. The second-order valence-corrected chi connectivity index (χ2v) is 4.29. The Labute approximate surface area is 108 Å². The molecule has 1 heterocycles. The van der Waals surface area contributed by atoms with Crippen molar-refractivity contribution in [1.82, 2.24) is 10.3 Å². The lowest BCUT2D eigenvalue weighted by Gasteiger charge is -2.17. The molecule has 1 N–H and O–H groups in total. The first-order valence-corrected chi connectivity index (χ1v) is 5.97. The van der Waals surface area contributed by atoms with E-state index in [1.807, 2.05) is 19.3 Å². The molecule has 18 heavy (non-hydrogen) atoms. The molecule has 0 radical (unpaired) electrons. The molecule has 0 spiro atoms. The van der Waals surface area contributed by atoms with Crippen LogP contribution in [-0.4, -0.2) is 19.1 Å². The summed E-state index contributed by atoms with van der Waals surface area (Å²) >= 11 is 0. The number of pyridine rings is 1. The maximum absolute atomic E-state index is 5.21. The number of benzene rings is 1. The number of methoxy groups -OCH3 is 1. The van der Waals surface area contributed by atoms with Crippen LogP contribution < -0.4 is 10.1 Å². The van der Waals surface area contributed by atoms with E-state index in [4.69, 9.17) is 4.74 Å². The van der Waals surface area contributed by atoms with Gasteiger partial charge in [-0.3, -0.25) is 4.98 Å². The van der Waals surface area contributed by atoms with Crippen LogP contribution in [0.2, 0.25) is 0 Å². The van der Waals surface area contributed by atoms with Crippen molar-refractivity contribution in [3.63, 3.8) is 0 Å². The first kappa shape index (κ1) is 12.6. The summed E-state index contributed by atoms with van der Waals surface area (Å²) < 4.78 is 5.21. The third-order valence-electron chi connectivity index (χ3n) is 3.00. The zero-order valence-corrected chi connectivity index (χ0v) is 11.0. The monoisotopic (exact) mass is 242 g/mol. The maximum atomic E-state index is 5.21. The van der Waals surface area contributed by atoms with Gasteiger partial charge in [-0.2, -0.15) is 0 Å². The minimum absolute atomic E-state index is 0.133. The molecule has 2 rings (SSSR count). The van der Waals surface area contributed by atoms with Gasteiger partial charge < -0.3 is 10.1 Å². The van der Waals surface area contributed by atoms with Crippen molar-refractivity contribution in [2.75, 3.05) is 14.2 Å². The quantitative estimate of drug-likeness (QED) is 0.895. The molecule has 1 aromatic heterocycles. The van der Waals surface area contributed by atoms with Gasteiger partial charge in [-0.25, -0.2) is 0 Å². The van der Waals surface area contributed by atoms with E-state index >= 15 is 0 Å². The van der Waals surface area contributed by atoms with Gasteiger partial charge >= 0.3 is 0 Å². The number of hydrogen-bond donors (Lipinski definition) is 1. The summed E-state index contributed by atoms with van der Waals surface area (Å²) in [6.45, 7) is 2.09. The summed E-state index contributed by atoms with van der Waals surface area (Å²) in [4.78, 5) is 4.20.